The zero-order chi connectivity index (χ0) is 13.0. The first-order valence-corrected chi connectivity index (χ1v) is 6.59. The van der Waals surface area contributed by atoms with Gasteiger partial charge in [0.25, 0.3) is 0 Å². The average molecular weight is 286 g/mol. The Morgan fingerprint density at radius 1 is 1.33 bits per heavy atom. The van der Waals surface area contributed by atoms with Crippen molar-refractivity contribution in [2.24, 2.45) is 0 Å². The highest BCUT2D eigenvalue weighted by Gasteiger charge is 2.22. The highest BCUT2D eigenvalue weighted by molar-refractivity contribution is 6.35. The molecule has 1 fully saturated rings. The maximum atomic E-state index is 6.08. The highest BCUT2D eigenvalue weighted by atomic mass is 35.5. The molecule has 0 spiro atoms. The molecule has 97 valence electrons. The number of allylic oxidation sites excluding steroid dienone is 1. The molecule has 0 amide bonds. The highest BCUT2D eigenvalue weighted by Crippen LogP contribution is 2.24. The summed E-state index contributed by atoms with van der Waals surface area (Å²) in [5.74, 6) is 1.16. The van der Waals surface area contributed by atoms with Crippen molar-refractivity contribution >= 4 is 29.3 Å². The van der Waals surface area contributed by atoms with Crippen LogP contribution in [0.3, 0.4) is 0 Å². The largest absolute Gasteiger partial charge is 0.350 e. The molecule has 4 heteroatoms. The minimum Gasteiger partial charge on any atom is -0.350 e. The van der Waals surface area contributed by atoms with Gasteiger partial charge in [-0.3, -0.25) is 0 Å². The van der Waals surface area contributed by atoms with Crippen LogP contribution in [-0.2, 0) is 9.47 Å². The fourth-order valence-corrected chi connectivity index (χ4v) is 2.22. The predicted octanol–water partition coefficient (Wildman–Crippen LogP) is 4.36. The van der Waals surface area contributed by atoms with Crippen LogP contribution in [0.15, 0.2) is 24.3 Å². The SMILES string of the molecule is C[C](CC=Cc1ccc(Cl)cc1Cl)C1OCCO1. The van der Waals surface area contributed by atoms with Crippen molar-refractivity contribution in [3.63, 3.8) is 0 Å². The molecule has 2 nitrogen and oxygen atoms in total. The maximum Gasteiger partial charge on any atom is 0.164 e. The third kappa shape index (κ3) is 3.72. The van der Waals surface area contributed by atoms with Gasteiger partial charge in [0.05, 0.1) is 13.2 Å². The molecule has 1 aromatic rings. The summed E-state index contributed by atoms with van der Waals surface area (Å²) in [5, 5.41) is 1.30. The van der Waals surface area contributed by atoms with E-state index >= 15 is 0 Å². The molecule has 1 radical (unpaired) electrons. The van der Waals surface area contributed by atoms with Gasteiger partial charge in [-0.05, 0) is 24.1 Å². The lowest BCUT2D eigenvalue weighted by Gasteiger charge is -2.14. The minimum absolute atomic E-state index is 0.157. The third-order valence-corrected chi connectivity index (χ3v) is 3.29. The second-order valence-corrected chi connectivity index (χ2v) is 5.04. The van der Waals surface area contributed by atoms with Crippen LogP contribution < -0.4 is 0 Å². The van der Waals surface area contributed by atoms with Crippen LogP contribution in [0.4, 0.5) is 0 Å². The molecule has 0 aromatic heterocycles. The molecule has 1 saturated heterocycles. The second kappa shape index (κ2) is 6.58. The van der Waals surface area contributed by atoms with Crippen molar-refractivity contribution in [3.05, 3.63) is 45.8 Å². The minimum atomic E-state index is -0.157. The summed E-state index contributed by atoms with van der Waals surface area (Å²) >= 11 is 11.9. The molecule has 2 rings (SSSR count). The van der Waals surface area contributed by atoms with E-state index in [1.807, 2.05) is 25.1 Å². The van der Waals surface area contributed by atoms with Crippen LogP contribution in [0.25, 0.3) is 6.08 Å². The summed E-state index contributed by atoms with van der Waals surface area (Å²) in [4.78, 5) is 0. The van der Waals surface area contributed by atoms with Crippen molar-refractivity contribution in [1.82, 2.24) is 0 Å². The summed E-state index contributed by atoms with van der Waals surface area (Å²) in [6.45, 7) is 3.38. The number of rotatable bonds is 4. The van der Waals surface area contributed by atoms with E-state index in [-0.39, 0.29) is 6.29 Å². The Kier molecular flexibility index (Phi) is 5.07. The molecule has 0 atom stereocenters. The summed E-state index contributed by atoms with van der Waals surface area (Å²) in [7, 11) is 0. The van der Waals surface area contributed by atoms with E-state index < -0.39 is 0 Å². The van der Waals surface area contributed by atoms with E-state index in [1.54, 1.807) is 6.07 Å². The lowest BCUT2D eigenvalue weighted by Crippen LogP contribution is -2.15. The lowest BCUT2D eigenvalue weighted by molar-refractivity contribution is -0.0295. The van der Waals surface area contributed by atoms with Crippen molar-refractivity contribution in [1.29, 1.82) is 0 Å². The van der Waals surface area contributed by atoms with Crippen LogP contribution >= 0.6 is 23.2 Å². The molecule has 1 aliphatic rings. The molecule has 0 aliphatic carbocycles. The average Bonchev–Trinajstić information content (AvgIpc) is 2.85. The van der Waals surface area contributed by atoms with E-state index in [9.17, 15) is 0 Å². The molecule has 1 aromatic carbocycles. The molecular formula is C14H15Cl2O2. The monoisotopic (exact) mass is 285 g/mol. The van der Waals surface area contributed by atoms with Crippen molar-refractivity contribution in [2.75, 3.05) is 13.2 Å². The summed E-state index contributed by atoms with van der Waals surface area (Å²) in [6.07, 6.45) is 4.69. The van der Waals surface area contributed by atoms with Gasteiger partial charge in [0.15, 0.2) is 6.29 Å². The Morgan fingerprint density at radius 2 is 2.06 bits per heavy atom. The molecule has 0 unspecified atom stereocenters. The molecule has 1 aliphatic heterocycles. The number of halogens is 2. The van der Waals surface area contributed by atoms with E-state index in [4.69, 9.17) is 32.7 Å². The molecule has 1 heterocycles. The number of benzene rings is 1. The Balaban J connectivity index is 1.90. The van der Waals surface area contributed by atoms with Crippen LogP contribution in [0.2, 0.25) is 10.0 Å². The van der Waals surface area contributed by atoms with Crippen LogP contribution in [0.1, 0.15) is 18.9 Å². The van der Waals surface area contributed by atoms with E-state index in [0.29, 0.717) is 23.3 Å². The standard InChI is InChI=1S/C14H15Cl2O2/c1-10(14-17-7-8-18-14)3-2-4-11-5-6-12(15)9-13(11)16/h2,4-6,9,14H,3,7-8H2,1H3. The topological polar surface area (TPSA) is 18.5 Å². The zero-order valence-electron chi connectivity index (χ0n) is 10.2. The zero-order valence-corrected chi connectivity index (χ0v) is 11.7. The van der Waals surface area contributed by atoms with Gasteiger partial charge in [-0.15, -0.1) is 0 Å². The smallest absolute Gasteiger partial charge is 0.164 e. The van der Waals surface area contributed by atoms with Crippen LogP contribution in [0, 0.1) is 5.92 Å². The summed E-state index contributed by atoms with van der Waals surface area (Å²) in [5.41, 5.74) is 0.960. The maximum absolute atomic E-state index is 6.08. The Labute approximate surface area is 117 Å². The fraction of sp³-hybridized carbons (Fsp3) is 0.357. The predicted molar refractivity (Wildman–Crippen MR) is 74.7 cm³/mol. The first kappa shape index (κ1) is 13.9. The molecule has 0 bridgehead atoms. The summed E-state index contributed by atoms with van der Waals surface area (Å²) < 4.78 is 10.8. The number of hydrogen-bond donors (Lipinski definition) is 0. The first-order chi connectivity index (χ1) is 8.66. The molecule has 18 heavy (non-hydrogen) atoms. The van der Waals surface area contributed by atoms with Crippen LogP contribution in [-0.4, -0.2) is 19.5 Å². The van der Waals surface area contributed by atoms with Gasteiger partial charge in [-0.2, -0.15) is 0 Å². The van der Waals surface area contributed by atoms with Gasteiger partial charge in [0.1, 0.15) is 0 Å². The van der Waals surface area contributed by atoms with E-state index in [1.165, 1.54) is 0 Å². The second-order valence-electron chi connectivity index (χ2n) is 4.19. The quantitative estimate of drug-likeness (QED) is 0.818. The number of hydrogen-bond acceptors (Lipinski definition) is 2. The van der Waals surface area contributed by atoms with Gasteiger partial charge >= 0.3 is 0 Å². The van der Waals surface area contributed by atoms with E-state index in [2.05, 4.69) is 6.08 Å². The first-order valence-electron chi connectivity index (χ1n) is 5.84. The van der Waals surface area contributed by atoms with Crippen molar-refractivity contribution in [2.45, 2.75) is 19.6 Å². The number of ether oxygens (including phenoxy) is 2. The Hall–Kier alpha value is -0.540. The molecule has 0 saturated carbocycles. The van der Waals surface area contributed by atoms with Gasteiger partial charge in [0.2, 0.25) is 0 Å². The van der Waals surface area contributed by atoms with Crippen LogP contribution in [0.5, 0.6) is 0 Å². The van der Waals surface area contributed by atoms with Crippen molar-refractivity contribution in [3.8, 4) is 0 Å². The Morgan fingerprint density at radius 3 is 2.72 bits per heavy atom. The Bertz CT molecular complexity index is 426. The lowest BCUT2D eigenvalue weighted by atomic mass is 10.1. The third-order valence-electron chi connectivity index (χ3n) is 2.72. The normalized spacial score (nSPS) is 17.1. The van der Waals surface area contributed by atoms with Gasteiger partial charge < -0.3 is 9.47 Å². The van der Waals surface area contributed by atoms with Gasteiger partial charge in [0, 0.05) is 16.0 Å². The van der Waals surface area contributed by atoms with Gasteiger partial charge in [-0.25, -0.2) is 0 Å². The van der Waals surface area contributed by atoms with Gasteiger partial charge in [-0.1, -0.05) is 48.3 Å². The fourth-order valence-electron chi connectivity index (χ4n) is 1.75. The van der Waals surface area contributed by atoms with Crippen molar-refractivity contribution < 1.29 is 9.47 Å². The molecular weight excluding hydrogens is 271 g/mol. The molecule has 0 N–H and O–H groups in total. The summed E-state index contributed by atoms with van der Waals surface area (Å²) in [6, 6.07) is 5.47. The van der Waals surface area contributed by atoms with E-state index in [0.717, 1.165) is 17.9 Å².